The number of para-hydroxylation sites is 1. The van der Waals surface area contributed by atoms with Crippen LogP contribution in [0.5, 0.6) is 0 Å². The summed E-state index contributed by atoms with van der Waals surface area (Å²) in [6.45, 7) is 2.88. The van der Waals surface area contributed by atoms with Crippen LogP contribution in [-0.2, 0) is 6.54 Å². The zero-order valence-electron chi connectivity index (χ0n) is 14.7. The van der Waals surface area contributed by atoms with E-state index in [1.165, 1.54) is 0 Å². The smallest absolute Gasteiger partial charge is 0.303 e. The van der Waals surface area contributed by atoms with Crippen molar-refractivity contribution in [3.63, 3.8) is 0 Å². The van der Waals surface area contributed by atoms with E-state index in [0.29, 0.717) is 5.68 Å². The Bertz CT molecular complexity index is 1050. The van der Waals surface area contributed by atoms with E-state index in [1.54, 1.807) is 0 Å². The minimum absolute atomic E-state index is 0.608. The van der Waals surface area contributed by atoms with E-state index < -0.39 is 0 Å². The molecule has 0 unspecified atom stereocenters. The molecule has 1 aromatic heterocycles. The molecule has 0 aliphatic heterocycles. The van der Waals surface area contributed by atoms with Crippen LogP contribution in [-0.4, -0.2) is 4.57 Å². The Morgan fingerprint density at radius 3 is 1.85 bits per heavy atom. The Balaban J connectivity index is 2.01. The van der Waals surface area contributed by atoms with Gasteiger partial charge in [0.05, 0.1) is 11.4 Å². The number of rotatable bonds is 4. The van der Waals surface area contributed by atoms with Crippen LogP contribution in [0.1, 0.15) is 6.92 Å². The molecular weight excluding hydrogens is 320 g/mol. The maximum absolute atomic E-state index is 6.28. The molecular formula is C23H20N2O. The lowest BCUT2D eigenvalue weighted by atomic mass is 10.1. The topological polar surface area (TPSA) is 30.4 Å². The predicted octanol–water partition coefficient (Wildman–Crippen LogP) is 5.67. The van der Waals surface area contributed by atoms with Gasteiger partial charge in [-0.3, -0.25) is 4.57 Å². The van der Waals surface area contributed by atoms with Gasteiger partial charge in [-0.25, -0.2) is 0 Å². The zero-order chi connectivity index (χ0) is 17.8. The Morgan fingerprint density at radius 2 is 1.27 bits per heavy atom. The van der Waals surface area contributed by atoms with Crippen molar-refractivity contribution in [1.82, 2.24) is 4.57 Å². The van der Waals surface area contributed by atoms with Gasteiger partial charge in [0.2, 0.25) is 0 Å². The van der Waals surface area contributed by atoms with Gasteiger partial charge in [0.1, 0.15) is 0 Å². The highest BCUT2D eigenvalue weighted by Crippen LogP contribution is 2.31. The number of hydrogen-bond donors (Lipinski definition) is 0. The number of oxazole rings is 1. The van der Waals surface area contributed by atoms with E-state index in [1.807, 2.05) is 66.7 Å². The van der Waals surface area contributed by atoms with Crippen molar-refractivity contribution < 1.29 is 4.42 Å². The quantitative estimate of drug-likeness (QED) is 0.471. The van der Waals surface area contributed by atoms with E-state index in [9.17, 15) is 0 Å². The molecule has 0 N–H and O–H groups in total. The van der Waals surface area contributed by atoms with Crippen molar-refractivity contribution in [1.29, 1.82) is 0 Å². The van der Waals surface area contributed by atoms with Gasteiger partial charge in [-0.05, 0) is 19.1 Å². The number of nitrogens with zero attached hydrogens (tertiary/aromatic N) is 2. The summed E-state index contributed by atoms with van der Waals surface area (Å²) in [6.07, 6.45) is 0. The average Bonchev–Trinajstić information content (AvgIpc) is 3.08. The molecule has 4 rings (SSSR count). The van der Waals surface area contributed by atoms with Gasteiger partial charge in [-0.1, -0.05) is 78.9 Å². The molecule has 0 bridgehead atoms. The lowest BCUT2D eigenvalue weighted by Crippen LogP contribution is -2.15. The van der Waals surface area contributed by atoms with E-state index in [0.717, 1.165) is 34.8 Å². The Hall–Kier alpha value is -3.33. The van der Waals surface area contributed by atoms with Crippen LogP contribution in [0.2, 0.25) is 0 Å². The summed E-state index contributed by atoms with van der Waals surface area (Å²) >= 11 is 0. The highest BCUT2D eigenvalue weighted by atomic mass is 16.4. The van der Waals surface area contributed by atoms with Crippen molar-refractivity contribution in [2.24, 2.45) is 4.99 Å². The molecule has 0 atom stereocenters. The molecule has 3 heteroatoms. The monoisotopic (exact) mass is 340 g/mol. The third kappa shape index (κ3) is 3.11. The summed E-state index contributed by atoms with van der Waals surface area (Å²) in [6, 6.07) is 30.4. The first-order valence-electron chi connectivity index (χ1n) is 8.81. The first-order valence-corrected chi connectivity index (χ1v) is 8.81. The highest BCUT2D eigenvalue weighted by molar-refractivity contribution is 5.77. The van der Waals surface area contributed by atoms with E-state index >= 15 is 0 Å². The minimum atomic E-state index is 0.608. The van der Waals surface area contributed by atoms with Crippen LogP contribution in [0.25, 0.3) is 22.6 Å². The summed E-state index contributed by atoms with van der Waals surface area (Å²) in [4.78, 5) is 4.74. The third-order valence-electron chi connectivity index (χ3n) is 4.29. The second kappa shape index (κ2) is 7.28. The molecule has 0 aliphatic carbocycles. The molecule has 128 valence electrons. The summed E-state index contributed by atoms with van der Waals surface area (Å²) in [7, 11) is 0. The molecule has 0 spiro atoms. The lowest BCUT2D eigenvalue weighted by Gasteiger charge is -2.07. The third-order valence-corrected chi connectivity index (χ3v) is 4.29. The minimum Gasteiger partial charge on any atom is -0.423 e. The van der Waals surface area contributed by atoms with Gasteiger partial charge in [0.15, 0.2) is 5.76 Å². The van der Waals surface area contributed by atoms with Crippen LogP contribution in [0.3, 0.4) is 0 Å². The van der Waals surface area contributed by atoms with Crippen LogP contribution < -0.4 is 5.68 Å². The first-order chi connectivity index (χ1) is 12.9. The van der Waals surface area contributed by atoms with Crippen molar-refractivity contribution in [2.75, 3.05) is 0 Å². The van der Waals surface area contributed by atoms with Gasteiger partial charge in [0.25, 0.3) is 0 Å². The van der Waals surface area contributed by atoms with Crippen molar-refractivity contribution in [3.05, 3.63) is 96.7 Å². The molecule has 0 amide bonds. The van der Waals surface area contributed by atoms with E-state index in [4.69, 9.17) is 9.41 Å². The molecule has 0 fully saturated rings. The van der Waals surface area contributed by atoms with Crippen LogP contribution in [0.4, 0.5) is 5.69 Å². The Labute approximate surface area is 152 Å². The Morgan fingerprint density at radius 1 is 0.731 bits per heavy atom. The van der Waals surface area contributed by atoms with Gasteiger partial charge in [-0.2, -0.15) is 4.99 Å². The lowest BCUT2D eigenvalue weighted by molar-refractivity contribution is 0.476. The molecule has 0 saturated heterocycles. The first kappa shape index (κ1) is 16.2. The predicted molar refractivity (Wildman–Crippen MR) is 105 cm³/mol. The number of aromatic nitrogens is 1. The molecule has 3 aromatic carbocycles. The second-order valence-electron chi connectivity index (χ2n) is 5.99. The summed E-state index contributed by atoms with van der Waals surface area (Å²) in [5.41, 5.74) is 4.70. The molecule has 0 radical (unpaired) electrons. The molecule has 26 heavy (non-hydrogen) atoms. The number of benzene rings is 3. The van der Waals surface area contributed by atoms with Crippen molar-refractivity contribution in [2.45, 2.75) is 13.5 Å². The second-order valence-corrected chi connectivity index (χ2v) is 5.99. The fraction of sp³-hybridized carbons (Fsp3) is 0.0870. The molecule has 4 aromatic rings. The van der Waals surface area contributed by atoms with Gasteiger partial charge < -0.3 is 4.42 Å². The molecule has 0 aliphatic rings. The fourth-order valence-electron chi connectivity index (χ4n) is 3.07. The fourth-order valence-corrected chi connectivity index (χ4v) is 3.07. The molecule has 1 heterocycles. The number of hydrogen-bond acceptors (Lipinski definition) is 2. The van der Waals surface area contributed by atoms with Crippen LogP contribution >= 0.6 is 0 Å². The maximum atomic E-state index is 6.28. The average molecular weight is 340 g/mol. The normalized spacial score (nSPS) is 11.7. The van der Waals surface area contributed by atoms with Crippen LogP contribution in [0.15, 0.2) is 100 Å². The van der Waals surface area contributed by atoms with Gasteiger partial charge in [-0.15, -0.1) is 0 Å². The standard InChI is InChI=1S/C23H20N2O/c1-2-25-21(18-12-6-3-7-13-18)22(19-14-8-4-9-15-19)26-23(25)24-20-16-10-5-11-17-20/h3-17H,2H2,1H3. The summed E-state index contributed by atoms with van der Waals surface area (Å²) < 4.78 is 8.41. The largest absolute Gasteiger partial charge is 0.423 e. The van der Waals surface area contributed by atoms with Gasteiger partial charge in [0, 0.05) is 17.7 Å². The van der Waals surface area contributed by atoms with Crippen molar-refractivity contribution >= 4 is 5.69 Å². The highest BCUT2D eigenvalue weighted by Gasteiger charge is 2.18. The Kier molecular flexibility index (Phi) is 4.52. The summed E-state index contributed by atoms with van der Waals surface area (Å²) in [5, 5.41) is 0. The zero-order valence-corrected chi connectivity index (χ0v) is 14.7. The van der Waals surface area contributed by atoms with Crippen LogP contribution in [0, 0.1) is 0 Å². The van der Waals surface area contributed by atoms with E-state index in [2.05, 4.69) is 35.8 Å². The summed E-state index contributed by atoms with van der Waals surface area (Å²) in [5.74, 6) is 0.841. The maximum Gasteiger partial charge on any atom is 0.303 e. The van der Waals surface area contributed by atoms with Gasteiger partial charge >= 0.3 is 5.68 Å². The van der Waals surface area contributed by atoms with Crippen molar-refractivity contribution in [3.8, 4) is 22.6 Å². The molecule has 0 saturated carbocycles. The molecule has 3 nitrogen and oxygen atoms in total. The van der Waals surface area contributed by atoms with E-state index in [-0.39, 0.29) is 0 Å². The SMILES string of the molecule is CCn1c(-c2ccccc2)c(-c2ccccc2)oc1=Nc1ccccc1.